The van der Waals surface area contributed by atoms with E-state index < -0.39 is 0 Å². The summed E-state index contributed by atoms with van der Waals surface area (Å²) in [5.74, 6) is 0.269. The van der Waals surface area contributed by atoms with Crippen LogP contribution in [0.15, 0.2) is 12.1 Å². The molecule has 2 fully saturated rings. The van der Waals surface area contributed by atoms with Gasteiger partial charge in [-0.25, -0.2) is 0 Å². The molecule has 0 spiro atoms. The number of ketones is 1. The Labute approximate surface area is 124 Å². The molecule has 0 amide bonds. The Kier molecular flexibility index (Phi) is 4.51. The molecule has 1 aromatic heterocycles. The zero-order chi connectivity index (χ0) is 13.9. The van der Waals surface area contributed by atoms with Gasteiger partial charge in [0, 0.05) is 37.1 Å². The third-order valence-electron chi connectivity index (χ3n) is 4.19. The molecular formula is C15H22N2O2S. The number of ether oxygens (including phenoxy) is 1. The smallest absolute Gasteiger partial charge is 0.186 e. The van der Waals surface area contributed by atoms with Gasteiger partial charge in [-0.15, -0.1) is 11.3 Å². The zero-order valence-corrected chi connectivity index (χ0v) is 12.8. The summed E-state index contributed by atoms with van der Waals surface area (Å²) in [5.41, 5.74) is 0. The molecule has 4 nitrogen and oxygen atoms in total. The van der Waals surface area contributed by atoms with Gasteiger partial charge in [0.2, 0.25) is 0 Å². The van der Waals surface area contributed by atoms with Crippen LogP contribution in [0.4, 0.5) is 0 Å². The standard InChI is InChI=1S/C15H22N2O2S/c1-12-2-3-15(20-12)14(18)11-16-5-4-13(10-16)17-6-8-19-9-7-17/h2-3,13H,4-11H2,1H3. The van der Waals surface area contributed by atoms with E-state index >= 15 is 0 Å². The number of nitrogens with zero attached hydrogens (tertiary/aromatic N) is 2. The van der Waals surface area contributed by atoms with Gasteiger partial charge in [0.05, 0.1) is 24.6 Å². The van der Waals surface area contributed by atoms with Gasteiger partial charge in [0.25, 0.3) is 0 Å². The molecule has 5 heteroatoms. The molecule has 0 N–H and O–H groups in total. The van der Waals surface area contributed by atoms with E-state index in [4.69, 9.17) is 4.74 Å². The van der Waals surface area contributed by atoms with Crippen LogP contribution in [0.1, 0.15) is 21.0 Å². The molecule has 0 aromatic carbocycles. The summed E-state index contributed by atoms with van der Waals surface area (Å²) in [6.45, 7) is 8.46. The maximum absolute atomic E-state index is 12.2. The summed E-state index contributed by atoms with van der Waals surface area (Å²) in [5, 5.41) is 0. The van der Waals surface area contributed by atoms with Crippen LogP contribution in [0.2, 0.25) is 0 Å². The summed E-state index contributed by atoms with van der Waals surface area (Å²) in [6, 6.07) is 4.59. The van der Waals surface area contributed by atoms with E-state index in [9.17, 15) is 4.79 Å². The van der Waals surface area contributed by atoms with E-state index in [-0.39, 0.29) is 5.78 Å². The lowest BCUT2D eigenvalue weighted by Crippen LogP contribution is -2.45. The lowest BCUT2D eigenvalue weighted by atomic mass is 10.2. The molecule has 2 aliphatic heterocycles. The average Bonchev–Trinajstić information content (AvgIpc) is 3.09. The number of Topliss-reactive ketones (excluding diaryl/α,β-unsaturated/α-hetero) is 1. The first-order valence-corrected chi connectivity index (χ1v) is 8.18. The number of thiophene rings is 1. The van der Waals surface area contributed by atoms with Crippen molar-refractivity contribution in [2.75, 3.05) is 45.9 Å². The van der Waals surface area contributed by atoms with Gasteiger partial charge in [0.1, 0.15) is 0 Å². The van der Waals surface area contributed by atoms with E-state index in [1.54, 1.807) is 11.3 Å². The van der Waals surface area contributed by atoms with Crippen LogP contribution in [-0.2, 0) is 4.74 Å². The van der Waals surface area contributed by atoms with Gasteiger partial charge >= 0.3 is 0 Å². The topological polar surface area (TPSA) is 32.8 Å². The molecule has 3 heterocycles. The van der Waals surface area contributed by atoms with Gasteiger partial charge in [-0.05, 0) is 25.5 Å². The van der Waals surface area contributed by atoms with Crippen LogP contribution < -0.4 is 0 Å². The van der Waals surface area contributed by atoms with Gasteiger partial charge in [-0.3, -0.25) is 14.6 Å². The van der Waals surface area contributed by atoms with E-state index in [0.717, 1.165) is 44.3 Å². The number of rotatable bonds is 4. The second kappa shape index (κ2) is 6.35. The van der Waals surface area contributed by atoms with Crippen molar-refractivity contribution in [1.29, 1.82) is 0 Å². The highest BCUT2D eigenvalue weighted by molar-refractivity contribution is 7.14. The predicted octanol–water partition coefficient (Wildman–Crippen LogP) is 1.65. The van der Waals surface area contributed by atoms with Crippen molar-refractivity contribution in [3.8, 4) is 0 Å². The Hall–Kier alpha value is -0.750. The highest BCUT2D eigenvalue weighted by Gasteiger charge is 2.29. The quantitative estimate of drug-likeness (QED) is 0.791. The minimum atomic E-state index is 0.269. The Morgan fingerprint density at radius 3 is 2.85 bits per heavy atom. The average molecular weight is 294 g/mol. The maximum atomic E-state index is 12.2. The number of morpholine rings is 1. The fourth-order valence-electron chi connectivity index (χ4n) is 3.06. The minimum Gasteiger partial charge on any atom is -0.379 e. The van der Waals surface area contributed by atoms with Crippen molar-refractivity contribution >= 4 is 17.1 Å². The highest BCUT2D eigenvalue weighted by atomic mass is 32.1. The monoisotopic (exact) mass is 294 g/mol. The molecule has 3 rings (SSSR count). The van der Waals surface area contributed by atoms with Crippen molar-refractivity contribution in [2.45, 2.75) is 19.4 Å². The van der Waals surface area contributed by atoms with Crippen molar-refractivity contribution < 1.29 is 9.53 Å². The number of aryl methyl sites for hydroxylation is 1. The van der Waals surface area contributed by atoms with Crippen LogP contribution in [0.25, 0.3) is 0 Å². The molecule has 20 heavy (non-hydrogen) atoms. The molecular weight excluding hydrogens is 272 g/mol. The second-order valence-corrected chi connectivity index (χ2v) is 6.95. The number of carbonyl (C=O) groups is 1. The van der Waals surface area contributed by atoms with Crippen LogP contribution >= 0.6 is 11.3 Å². The summed E-state index contributed by atoms with van der Waals surface area (Å²) >= 11 is 1.60. The Balaban J connectivity index is 1.51. The van der Waals surface area contributed by atoms with Crippen LogP contribution in [0, 0.1) is 6.92 Å². The van der Waals surface area contributed by atoms with Gasteiger partial charge < -0.3 is 4.74 Å². The predicted molar refractivity (Wildman–Crippen MR) is 80.6 cm³/mol. The van der Waals surface area contributed by atoms with E-state index in [1.165, 1.54) is 11.3 Å². The van der Waals surface area contributed by atoms with Crippen LogP contribution in [-0.4, -0.2) is 67.6 Å². The summed E-state index contributed by atoms with van der Waals surface area (Å²) in [4.78, 5) is 19.2. The maximum Gasteiger partial charge on any atom is 0.186 e. The molecule has 0 saturated carbocycles. The molecule has 1 unspecified atom stereocenters. The van der Waals surface area contributed by atoms with Crippen molar-refractivity contribution in [3.63, 3.8) is 0 Å². The first-order valence-electron chi connectivity index (χ1n) is 7.36. The molecule has 1 aromatic rings. The van der Waals surface area contributed by atoms with Gasteiger partial charge in [0.15, 0.2) is 5.78 Å². The first-order chi connectivity index (χ1) is 9.72. The van der Waals surface area contributed by atoms with Crippen molar-refractivity contribution in [3.05, 3.63) is 21.9 Å². The van der Waals surface area contributed by atoms with Crippen LogP contribution in [0.3, 0.4) is 0 Å². The molecule has 2 aliphatic rings. The largest absolute Gasteiger partial charge is 0.379 e. The molecule has 0 bridgehead atoms. The minimum absolute atomic E-state index is 0.269. The third-order valence-corrected chi connectivity index (χ3v) is 5.23. The molecule has 110 valence electrons. The lowest BCUT2D eigenvalue weighted by molar-refractivity contribution is 0.0185. The third kappa shape index (κ3) is 3.28. The Bertz CT molecular complexity index is 468. The lowest BCUT2D eigenvalue weighted by Gasteiger charge is -2.32. The normalized spacial score (nSPS) is 25.1. The zero-order valence-electron chi connectivity index (χ0n) is 12.0. The SMILES string of the molecule is Cc1ccc(C(=O)CN2CCC(N3CCOCC3)C2)s1. The fourth-order valence-corrected chi connectivity index (χ4v) is 3.86. The highest BCUT2D eigenvalue weighted by Crippen LogP contribution is 2.20. The first kappa shape index (κ1) is 14.2. The summed E-state index contributed by atoms with van der Waals surface area (Å²) in [6.07, 6.45) is 1.18. The number of likely N-dealkylation sites (tertiary alicyclic amines) is 1. The van der Waals surface area contributed by atoms with Crippen molar-refractivity contribution in [1.82, 2.24) is 9.80 Å². The number of hydrogen-bond donors (Lipinski definition) is 0. The van der Waals surface area contributed by atoms with E-state index in [2.05, 4.69) is 9.80 Å². The second-order valence-electron chi connectivity index (χ2n) is 5.66. The number of hydrogen-bond acceptors (Lipinski definition) is 5. The van der Waals surface area contributed by atoms with E-state index in [0.29, 0.717) is 12.6 Å². The Morgan fingerprint density at radius 2 is 2.15 bits per heavy atom. The molecule has 0 radical (unpaired) electrons. The van der Waals surface area contributed by atoms with Crippen molar-refractivity contribution in [2.24, 2.45) is 0 Å². The van der Waals surface area contributed by atoms with Gasteiger partial charge in [-0.2, -0.15) is 0 Å². The number of carbonyl (C=O) groups excluding carboxylic acids is 1. The Morgan fingerprint density at radius 1 is 1.35 bits per heavy atom. The molecule has 1 atom stereocenters. The molecule has 2 saturated heterocycles. The van der Waals surface area contributed by atoms with Crippen LogP contribution in [0.5, 0.6) is 0 Å². The summed E-state index contributed by atoms with van der Waals surface area (Å²) in [7, 11) is 0. The molecule has 0 aliphatic carbocycles. The fraction of sp³-hybridized carbons (Fsp3) is 0.667. The van der Waals surface area contributed by atoms with Gasteiger partial charge in [-0.1, -0.05) is 0 Å². The van der Waals surface area contributed by atoms with E-state index in [1.807, 2.05) is 19.1 Å². The summed E-state index contributed by atoms with van der Waals surface area (Å²) < 4.78 is 5.40.